The van der Waals surface area contributed by atoms with Crippen LogP contribution in [0, 0.1) is 5.92 Å². The van der Waals surface area contributed by atoms with Crippen LogP contribution < -0.4 is 5.32 Å². The lowest BCUT2D eigenvalue weighted by Crippen LogP contribution is -2.17. The maximum Gasteiger partial charge on any atom is 0.00682 e. The summed E-state index contributed by atoms with van der Waals surface area (Å²) in [4.78, 5) is 0. The fourth-order valence-electron chi connectivity index (χ4n) is 1.25. The second-order valence-electron chi connectivity index (χ2n) is 3.88. The largest absolute Gasteiger partial charge is 0.314 e. The Morgan fingerprint density at radius 3 is 2.73 bits per heavy atom. The molecule has 0 aromatic carbocycles. The van der Waals surface area contributed by atoms with Gasteiger partial charge in [0.15, 0.2) is 0 Å². The molecule has 1 atom stereocenters. The standard InChI is InChI=1S/C10H21N/c1-3-9(2)5-4-8-11-10-6-7-10/h9-11H,3-8H2,1-2H3. The zero-order valence-corrected chi connectivity index (χ0v) is 7.90. The molecule has 1 fully saturated rings. The van der Waals surface area contributed by atoms with Crippen molar-refractivity contribution in [2.45, 2.75) is 52.0 Å². The summed E-state index contributed by atoms with van der Waals surface area (Å²) in [7, 11) is 0. The molecule has 0 heterocycles. The molecule has 11 heavy (non-hydrogen) atoms. The van der Waals surface area contributed by atoms with Gasteiger partial charge in [0.25, 0.3) is 0 Å². The summed E-state index contributed by atoms with van der Waals surface area (Å²) in [5, 5.41) is 3.54. The molecule has 0 aromatic heterocycles. The summed E-state index contributed by atoms with van der Waals surface area (Å²) < 4.78 is 0. The third-order valence-corrected chi connectivity index (χ3v) is 2.58. The molecule has 1 rings (SSSR count). The van der Waals surface area contributed by atoms with Gasteiger partial charge in [0, 0.05) is 6.04 Å². The Labute approximate surface area is 70.6 Å². The highest BCUT2D eigenvalue weighted by molar-refractivity contribution is 4.80. The Kier molecular flexibility index (Phi) is 3.92. The molecule has 1 saturated carbocycles. The Morgan fingerprint density at radius 1 is 1.45 bits per heavy atom. The van der Waals surface area contributed by atoms with Crippen LogP contribution in [0.3, 0.4) is 0 Å². The van der Waals surface area contributed by atoms with Crippen molar-refractivity contribution in [1.29, 1.82) is 0 Å². The summed E-state index contributed by atoms with van der Waals surface area (Å²) >= 11 is 0. The smallest absolute Gasteiger partial charge is 0.00682 e. The van der Waals surface area contributed by atoms with Crippen molar-refractivity contribution in [3.8, 4) is 0 Å². The first-order chi connectivity index (χ1) is 5.33. The molecule has 1 aliphatic carbocycles. The van der Waals surface area contributed by atoms with E-state index < -0.39 is 0 Å². The highest BCUT2D eigenvalue weighted by Gasteiger charge is 2.19. The van der Waals surface area contributed by atoms with E-state index in [1.807, 2.05) is 0 Å². The van der Waals surface area contributed by atoms with Gasteiger partial charge in [0.1, 0.15) is 0 Å². The van der Waals surface area contributed by atoms with E-state index in [1.165, 1.54) is 38.6 Å². The Hall–Kier alpha value is -0.0400. The van der Waals surface area contributed by atoms with Gasteiger partial charge in [-0.1, -0.05) is 20.3 Å². The lowest BCUT2D eigenvalue weighted by atomic mass is 10.0. The van der Waals surface area contributed by atoms with E-state index in [4.69, 9.17) is 0 Å². The minimum absolute atomic E-state index is 0.895. The van der Waals surface area contributed by atoms with Crippen molar-refractivity contribution >= 4 is 0 Å². The van der Waals surface area contributed by atoms with Crippen molar-refractivity contribution in [3.63, 3.8) is 0 Å². The Bertz CT molecular complexity index is 97.0. The van der Waals surface area contributed by atoms with Crippen molar-refractivity contribution in [3.05, 3.63) is 0 Å². The van der Waals surface area contributed by atoms with Gasteiger partial charge in [-0.15, -0.1) is 0 Å². The average Bonchev–Trinajstić information content (AvgIpc) is 2.81. The van der Waals surface area contributed by atoms with E-state index in [0.29, 0.717) is 0 Å². The third-order valence-electron chi connectivity index (χ3n) is 2.58. The van der Waals surface area contributed by atoms with Crippen LogP contribution in [0.5, 0.6) is 0 Å². The third kappa shape index (κ3) is 4.41. The van der Waals surface area contributed by atoms with Gasteiger partial charge in [-0.25, -0.2) is 0 Å². The molecule has 0 aliphatic heterocycles. The van der Waals surface area contributed by atoms with Crippen LogP contribution in [0.1, 0.15) is 46.0 Å². The number of hydrogen-bond acceptors (Lipinski definition) is 1. The van der Waals surface area contributed by atoms with E-state index in [0.717, 1.165) is 12.0 Å². The van der Waals surface area contributed by atoms with Crippen LogP contribution in [-0.2, 0) is 0 Å². The maximum atomic E-state index is 3.54. The molecule has 1 nitrogen and oxygen atoms in total. The molecular formula is C10H21N. The van der Waals surface area contributed by atoms with Crippen LogP contribution in [-0.4, -0.2) is 12.6 Å². The Morgan fingerprint density at radius 2 is 2.18 bits per heavy atom. The van der Waals surface area contributed by atoms with Gasteiger partial charge >= 0.3 is 0 Å². The fraction of sp³-hybridized carbons (Fsp3) is 1.00. The van der Waals surface area contributed by atoms with Gasteiger partial charge < -0.3 is 5.32 Å². The maximum absolute atomic E-state index is 3.54. The number of hydrogen-bond donors (Lipinski definition) is 1. The van der Waals surface area contributed by atoms with Crippen molar-refractivity contribution in [1.82, 2.24) is 5.32 Å². The van der Waals surface area contributed by atoms with Gasteiger partial charge in [-0.2, -0.15) is 0 Å². The van der Waals surface area contributed by atoms with Crippen LogP contribution >= 0.6 is 0 Å². The van der Waals surface area contributed by atoms with Crippen LogP contribution in [0.15, 0.2) is 0 Å². The quantitative estimate of drug-likeness (QED) is 0.581. The first-order valence-corrected chi connectivity index (χ1v) is 5.06. The van der Waals surface area contributed by atoms with Crippen LogP contribution in [0.4, 0.5) is 0 Å². The molecule has 0 aromatic rings. The van der Waals surface area contributed by atoms with E-state index in [1.54, 1.807) is 0 Å². The summed E-state index contributed by atoms with van der Waals surface area (Å²) in [6.07, 6.45) is 6.94. The zero-order chi connectivity index (χ0) is 8.10. The Balaban J connectivity index is 1.79. The lowest BCUT2D eigenvalue weighted by Gasteiger charge is -2.07. The normalized spacial score (nSPS) is 20.2. The second-order valence-corrected chi connectivity index (χ2v) is 3.88. The van der Waals surface area contributed by atoms with E-state index >= 15 is 0 Å². The van der Waals surface area contributed by atoms with Crippen molar-refractivity contribution in [2.24, 2.45) is 5.92 Å². The summed E-state index contributed by atoms with van der Waals surface area (Å²) in [6, 6.07) is 0.895. The van der Waals surface area contributed by atoms with Gasteiger partial charge in [0.05, 0.1) is 0 Å². The molecule has 1 N–H and O–H groups in total. The van der Waals surface area contributed by atoms with Gasteiger partial charge in [-0.05, 0) is 38.1 Å². The number of rotatable bonds is 6. The minimum atomic E-state index is 0.895. The monoisotopic (exact) mass is 155 g/mol. The molecule has 0 spiro atoms. The fourth-order valence-corrected chi connectivity index (χ4v) is 1.25. The first-order valence-electron chi connectivity index (χ1n) is 5.06. The average molecular weight is 155 g/mol. The van der Waals surface area contributed by atoms with E-state index in [-0.39, 0.29) is 0 Å². The van der Waals surface area contributed by atoms with Gasteiger partial charge in [0.2, 0.25) is 0 Å². The molecule has 0 radical (unpaired) electrons. The van der Waals surface area contributed by atoms with Crippen LogP contribution in [0.25, 0.3) is 0 Å². The SMILES string of the molecule is CCC(C)CCCNC1CC1. The second kappa shape index (κ2) is 4.76. The van der Waals surface area contributed by atoms with Crippen molar-refractivity contribution in [2.75, 3.05) is 6.54 Å². The van der Waals surface area contributed by atoms with Gasteiger partial charge in [-0.3, -0.25) is 0 Å². The summed E-state index contributed by atoms with van der Waals surface area (Å²) in [5.74, 6) is 0.927. The highest BCUT2D eigenvalue weighted by Crippen LogP contribution is 2.18. The minimum Gasteiger partial charge on any atom is -0.314 e. The molecule has 1 aliphatic rings. The van der Waals surface area contributed by atoms with E-state index in [9.17, 15) is 0 Å². The molecule has 0 bridgehead atoms. The summed E-state index contributed by atoms with van der Waals surface area (Å²) in [6.45, 7) is 5.87. The predicted octanol–water partition coefficient (Wildman–Crippen LogP) is 2.56. The highest BCUT2D eigenvalue weighted by atomic mass is 14.9. The zero-order valence-electron chi connectivity index (χ0n) is 7.90. The molecule has 1 heteroatoms. The molecule has 66 valence electrons. The lowest BCUT2D eigenvalue weighted by molar-refractivity contribution is 0.480. The molecular weight excluding hydrogens is 134 g/mol. The molecule has 1 unspecified atom stereocenters. The van der Waals surface area contributed by atoms with Crippen molar-refractivity contribution < 1.29 is 0 Å². The predicted molar refractivity (Wildman–Crippen MR) is 49.7 cm³/mol. The molecule has 0 amide bonds. The topological polar surface area (TPSA) is 12.0 Å². The van der Waals surface area contributed by atoms with Crippen LogP contribution in [0.2, 0.25) is 0 Å². The molecule has 0 saturated heterocycles. The summed E-state index contributed by atoms with van der Waals surface area (Å²) in [5.41, 5.74) is 0. The van der Waals surface area contributed by atoms with E-state index in [2.05, 4.69) is 19.2 Å². The first kappa shape index (κ1) is 9.05. The number of nitrogens with one attached hydrogen (secondary N) is 1.